The van der Waals surface area contributed by atoms with Crippen LogP contribution in [0.1, 0.15) is 0 Å². The zero-order valence-electron chi connectivity index (χ0n) is 28.4. The van der Waals surface area contributed by atoms with Gasteiger partial charge in [0.05, 0.1) is 20.4 Å². The van der Waals surface area contributed by atoms with Crippen LogP contribution >= 0.6 is 22.7 Å². The van der Waals surface area contributed by atoms with Gasteiger partial charge in [-0.25, -0.2) is 9.97 Å². The quantitative estimate of drug-likeness (QED) is 0.166. The van der Waals surface area contributed by atoms with Crippen LogP contribution in [-0.2, 0) is 0 Å². The van der Waals surface area contributed by atoms with Crippen molar-refractivity contribution in [2.45, 2.75) is 0 Å². The highest BCUT2D eigenvalue weighted by molar-refractivity contribution is 7.22. The Morgan fingerprint density at radius 3 is 1.17 bits per heavy atom. The lowest BCUT2D eigenvalue weighted by atomic mass is 10.0. The molecule has 11 rings (SSSR count). The van der Waals surface area contributed by atoms with Crippen molar-refractivity contribution < 1.29 is 0 Å². The SMILES string of the molecule is c1ccc2cc3cc(N(c4ccc(-c5nc6cc7ccccc7cc6s5)cc4)c4ccc(-c5nc6cc7ccccc7cc6s5)cc4)ccc3cc2c1. The van der Waals surface area contributed by atoms with Crippen LogP contribution in [0.2, 0.25) is 0 Å². The Hall–Kier alpha value is -6.40. The maximum absolute atomic E-state index is 5.05. The average molecular weight is 712 g/mol. The smallest absolute Gasteiger partial charge is 0.124 e. The molecule has 53 heavy (non-hydrogen) atoms. The van der Waals surface area contributed by atoms with E-state index in [-0.39, 0.29) is 0 Å². The second-order valence-electron chi connectivity index (χ2n) is 13.5. The summed E-state index contributed by atoms with van der Waals surface area (Å²) in [6.07, 6.45) is 0. The maximum Gasteiger partial charge on any atom is 0.124 e. The third kappa shape index (κ3) is 5.32. The fourth-order valence-electron chi connectivity index (χ4n) is 7.49. The molecule has 0 spiro atoms. The monoisotopic (exact) mass is 711 g/mol. The van der Waals surface area contributed by atoms with E-state index >= 15 is 0 Å². The summed E-state index contributed by atoms with van der Waals surface area (Å²) < 4.78 is 2.41. The maximum atomic E-state index is 5.05. The minimum atomic E-state index is 1.03. The molecule has 0 atom stereocenters. The van der Waals surface area contributed by atoms with E-state index < -0.39 is 0 Å². The standard InChI is InChI=1S/C48H29N3S2/c1-2-8-33-24-39-25-42(22-17-38(39)23-32(33)7-1)51(40-18-13-30(14-19-40)47-49-43-26-34-9-3-5-11-36(34)28-45(43)52-47)41-20-15-31(16-21-41)48-50-44-27-35-10-4-6-12-37(35)29-46(44)53-48/h1-29H. The molecule has 9 aromatic carbocycles. The average Bonchev–Trinajstić information content (AvgIpc) is 3.82. The fourth-order valence-corrected chi connectivity index (χ4v) is 9.50. The number of nitrogens with zero attached hydrogens (tertiary/aromatic N) is 3. The van der Waals surface area contributed by atoms with Crippen LogP contribution < -0.4 is 4.90 Å². The molecule has 248 valence electrons. The topological polar surface area (TPSA) is 29.0 Å². The van der Waals surface area contributed by atoms with Gasteiger partial charge >= 0.3 is 0 Å². The summed E-state index contributed by atoms with van der Waals surface area (Å²) in [6, 6.07) is 63.5. The van der Waals surface area contributed by atoms with Crippen LogP contribution in [0.3, 0.4) is 0 Å². The first kappa shape index (κ1) is 30.2. The number of anilines is 3. The molecule has 0 fully saturated rings. The number of hydrogen-bond donors (Lipinski definition) is 0. The molecular formula is C48H29N3S2. The molecule has 0 saturated heterocycles. The highest BCUT2D eigenvalue weighted by Gasteiger charge is 2.16. The first-order valence-corrected chi connectivity index (χ1v) is 19.3. The molecule has 2 aromatic heterocycles. The Balaban J connectivity index is 0.995. The van der Waals surface area contributed by atoms with Gasteiger partial charge in [0.15, 0.2) is 0 Å². The Kier molecular flexibility index (Phi) is 6.90. The van der Waals surface area contributed by atoms with Crippen LogP contribution in [0, 0.1) is 0 Å². The molecule has 0 bridgehead atoms. The summed E-state index contributed by atoms with van der Waals surface area (Å²) >= 11 is 3.49. The van der Waals surface area contributed by atoms with Crippen molar-refractivity contribution in [1.29, 1.82) is 0 Å². The van der Waals surface area contributed by atoms with Crippen LogP contribution in [0.4, 0.5) is 17.1 Å². The van der Waals surface area contributed by atoms with E-state index in [1.165, 1.54) is 52.5 Å². The summed E-state index contributed by atoms with van der Waals surface area (Å²) in [5.74, 6) is 0. The Labute approximate surface area is 313 Å². The van der Waals surface area contributed by atoms with Crippen LogP contribution in [0.15, 0.2) is 176 Å². The van der Waals surface area contributed by atoms with Gasteiger partial charge in [0.25, 0.3) is 0 Å². The van der Waals surface area contributed by atoms with E-state index in [9.17, 15) is 0 Å². The van der Waals surface area contributed by atoms with E-state index in [0.717, 1.165) is 49.2 Å². The second-order valence-corrected chi connectivity index (χ2v) is 15.6. The zero-order valence-corrected chi connectivity index (χ0v) is 30.0. The van der Waals surface area contributed by atoms with Crippen molar-refractivity contribution in [3.05, 3.63) is 176 Å². The van der Waals surface area contributed by atoms with Crippen molar-refractivity contribution in [3.8, 4) is 21.1 Å². The van der Waals surface area contributed by atoms with Crippen molar-refractivity contribution in [3.63, 3.8) is 0 Å². The van der Waals surface area contributed by atoms with E-state index in [1.807, 2.05) is 0 Å². The van der Waals surface area contributed by atoms with Crippen molar-refractivity contribution in [2.24, 2.45) is 0 Å². The van der Waals surface area contributed by atoms with E-state index in [4.69, 9.17) is 9.97 Å². The van der Waals surface area contributed by atoms with Gasteiger partial charge in [-0.3, -0.25) is 0 Å². The third-order valence-corrected chi connectivity index (χ3v) is 12.3. The van der Waals surface area contributed by atoms with Gasteiger partial charge < -0.3 is 4.90 Å². The molecule has 0 aliphatic carbocycles. The number of thiazole rings is 2. The predicted molar refractivity (Wildman–Crippen MR) is 228 cm³/mol. The number of hydrogen-bond acceptors (Lipinski definition) is 5. The number of benzene rings is 9. The van der Waals surface area contributed by atoms with Gasteiger partial charge in [-0.1, -0.05) is 78.9 Å². The molecule has 0 saturated carbocycles. The van der Waals surface area contributed by atoms with Crippen molar-refractivity contribution in [2.75, 3.05) is 4.90 Å². The molecule has 11 aromatic rings. The predicted octanol–water partition coefficient (Wildman–Crippen LogP) is 14.3. The molecule has 0 aliphatic heterocycles. The molecule has 0 radical (unpaired) electrons. The Bertz CT molecular complexity index is 2910. The first-order valence-electron chi connectivity index (χ1n) is 17.7. The van der Waals surface area contributed by atoms with Gasteiger partial charge in [0.2, 0.25) is 0 Å². The molecular weight excluding hydrogens is 683 g/mol. The van der Waals surface area contributed by atoms with Gasteiger partial charge in [-0.15, -0.1) is 22.7 Å². The normalized spacial score (nSPS) is 11.8. The lowest BCUT2D eigenvalue weighted by molar-refractivity contribution is 1.29. The molecule has 0 amide bonds. The van der Waals surface area contributed by atoms with E-state index in [1.54, 1.807) is 22.7 Å². The largest absolute Gasteiger partial charge is 0.310 e. The summed E-state index contributed by atoms with van der Waals surface area (Å²) in [7, 11) is 0. The number of aromatic nitrogens is 2. The Morgan fingerprint density at radius 1 is 0.321 bits per heavy atom. The van der Waals surface area contributed by atoms with E-state index in [0.29, 0.717) is 0 Å². The van der Waals surface area contributed by atoms with Crippen LogP contribution in [-0.4, -0.2) is 9.97 Å². The first-order chi connectivity index (χ1) is 26.2. The summed E-state index contributed by atoms with van der Waals surface area (Å²) in [5, 5.41) is 11.9. The molecule has 0 aliphatic rings. The summed E-state index contributed by atoms with van der Waals surface area (Å²) in [4.78, 5) is 12.5. The minimum absolute atomic E-state index is 1.03. The molecule has 0 unspecified atom stereocenters. The second kappa shape index (κ2) is 12.1. The third-order valence-electron chi connectivity index (χ3n) is 10.2. The highest BCUT2D eigenvalue weighted by atomic mass is 32.1. The molecule has 0 N–H and O–H groups in total. The van der Waals surface area contributed by atoms with Gasteiger partial charge in [0.1, 0.15) is 10.0 Å². The van der Waals surface area contributed by atoms with Crippen LogP contribution in [0.5, 0.6) is 0 Å². The van der Waals surface area contributed by atoms with E-state index in [2.05, 4.69) is 181 Å². The molecule has 5 heteroatoms. The summed E-state index contributed by atoms with van der Waals surface area (Å²) in [6.45, 7) is 0. The Morgan fingerprint density at radius 2 is 0.698 bits per heavy atom. The zero-order chi connectivity index (χ0) is 34.9. The van der Waals surface area contributed by atoms with Crippen molar-refractivity contribution >= 4 is 103 Å². The highest BCUT2D eigenvalue weighted by Crippen LogP contribution is 2.41. The fraction of sp³-hybridized carbons (Fsp3) is 0. The lowest BCUT2D eigenvalue weighted by Gasteiger charge is -2.26. The molecule has 2 heterocycles. The van der Waals surface area contributed by atoms with Crippen molar-refractivity contribution in [1.82, 2.24) is 9.97 Å². The minimum Gasteiger partial charge on any atom is -0.310 e. The van der Waals surface area contributed by atoms with Gasteiger partial charge in [-0.05, 0) is 140 Å². The summed E-state index contributed by atoms with van der Waals surface area (Å²) in [5.41, 5.74) is 7.58. The molecule has 3 nitrogen and oxygen atoms in total. The van der Waals surface area contributed by atoms with Gasteiger partial charge in [0, 0.05) is 28.2 Å². The number of fused-ring (bicyclic) bond motifs is 6. The lowest BCUT2D eigenvalue weighted by Crippen LogP contribution is -2.09. The number of rotatable bonds is 5. The van der Waals surface area contributed by atoms with Crippen LogP contribution in [0.25, 0.3) is 84.7 Å². The van der Waals surface area contributed by atoms with Gasteiger partial charge in [-0.2, -0.15) is 0 Å².